The standard InChI is InChI=1S/C17H17ClF3N3O/c18-13-6-5-11-3-1-7-22-15(11)12(13)9-24-8-2-4-14(24)16(25)23-10-17(19,20)21/h1,3,5-7,14H,2,4,8-10H2,(H,23,25). The van der Waals surface area contributed by atoms with Crippen molar-refractivity contribution in [1.82, 2.24) is 15.2 Å². The maximum atomic E-state index is 12.3. The van der Waals surface area contributed by atoms with Gasteiger partial charge in [-0.2, -0.15) is 13.2 Å². The fourth-order valence-electron chi connectivity index (χ4n) is 3.15. The van der Waals surface area contributed by atoms with E-state index in [1.165, 1.54) is 0 Å². The van der Waals surface area contributed by atoms with Crippen molar-refractivity contribution in [2.75, 3.05) is 13.1 Å². The zero-order valence-corrected chi connectivity index (χ0v) is 14.1. The SMILES string of the molecule is O=C(NCC(F)(F)F)C1CCCN1Cc1c(Cl)ccc2cccnc12. The first kappa shape index (κ1) is 17.9. The van der Waals surface area contributed by atoms with Gasteiger partial charge in [-0.15, -0.1) is 0 Å². The molecule has 25 heavy (non-hydrogen) atoms. The molecule has 2 aromatic rings. The Morgan fingerprint density at radius 1 is 1.36 bits per heavy atom. The first-order valence-electron chi connectivity index (χ1n) is 7.96. The molecule has 8 heteroatoms. The first-order chi connectivity index (χ1) is 11.8. The molecule has 0 aliphatic carbocycles. The number of hydrogen-bond acceptors (Lipinski definition) is 3. The number of halogens is 4. The summed E-state index contributed by atoms with van der Waals surface area (Å²) in [4.78, 5) is 18.4. The first-order valence-corrected chi connectivity index (χ1v) is 8.33. The van der Waals surface area contributed by atoms with Crippen LogP contribution in [0.25, 0.3) is 10.9 Å². The molecular weight excluding hydrogens is 355 g/mol. The normalized spacial score (nSPS) is 18.6. The summed E-state index contributed by atoms with van der Waals surface area (Å²) in [7, 11) is 0. The third-order valence-corrected chi connectivity index (χ3v) is 4.67. The number of nitrogens with zero attached hydrogens (tertiary/aromatic N) is 2. The zero-order valence-electron chi connectivity index (χ0n) is 13.3. The van der Waals surface area contributed by atoms with Crippen LogP contribution >= 0.6 is 11.6 Å². The molecule has 4 nitrogen and oxygen atoms in total. The Bertz CT molecular complexity index is 781. The highest BCUT2D eigenvalue weighted by molar-refractivity contribution is 6.32. The van der Waals surface area contributed by atoms with Gasteiger partial charge in [-0.1, -0.05) is 23.7 Å². The van der Waals surface area contributed by atoms with E-state index >= 15 is 0 Å². The summed E-state index contributed by atoms with van der Waals surface area (Å²) in [5.41, 5.74) is 1.53. The Kier molecular flexibility index (Phi) is 5.15. The minimum atomic E-state index is -4.41. The van der Waals surface area contributed by atoms with Crippen molar-refractivity contribution in [3.05, 3.63) is 41.0 Å². The topological polar surface area (TPSA) is 45.2 Å². The molecule has 134 valence electrons. The van der Waals surface area contributed by atoms with Gasteiger partial charge in [0.2, 0.25) is 5.91 Å². The summed E-state index contributed by atoms with van der Waals surface area (Å²) in [6.07, 6.45) is -1.47. The highest BCUT2D eigenvalue weighted by Gasteiger charge is 2.34. The molecule has 3 rings (SSSR count). The van der Waals surface area contributed by atoms with Crippen LogP contribution in [-0.2, 0) is 11.3 Å². The van der Waals surface area contributed by atoms with Crippen LogP contribution in [0.15, 0.2) is 30.5 Å². The summed E-state index contributed by atoms with van der Waals surface area (Å²) in [5.74, 6) is -0.598. The molecule has 1 aromatic carbocycles. The molecule has 1 atom stereocenters. The molecule has 1 amide bonds. The van der Waals surface area contributed by atoms with Crippen LogP contribution in [0, 0.1) is 0 Å². The van der Waals surface area contributed by atoms with Gasteiger partial charge in [0.25, 0.3) is 0 Å². The Morgan fingerprint density at radius 3 is 2.92 bits per heavy atom. The van der Waals surface area contributed by atoms with Gasteiger partial charge in [0.05, 0.1) is 11.6 Å². The predicted octanol–water partition coefficient (Wildman–Crippen LogP) is 3.53. The summed E-state index contributed by atoms with van der Waals surface area (Å²) in [6, 6.07) is 6.79. The van der Waals surface area contributed by atoms with Crippen molar-refractivity contribution in [2.45, 2.75) is 31.6 Å². The second-order valence-electron chi connectivity index (χ2n) is 6.06. The average molecular weight is 372 g/mol. The molecule has 0 bridgehead atoms. The van der Waals surface area contributed by atoms with Gasteiger partial charge in [-0.25, -0.2) is 0 Å². The average Bonchev–Trinajstić information content (AvgIpc) is 3.03. The number of pyridine rings is 1. The minimum absolute atomic E-state index is 0.372. The number of alkyl halides is 3. The van der Waals surface area contributed by atoms with Gasteiger partial charge >= 0.3 is 6.18 Å². The van der Waals surface area contributed by atoms with Crippen molar-refractivity contribution >= 4 is 28.4 Å². The molecule has 1 saturated heterocycles. The van der Waals surface area contributed by atoms with Crippen LogP contribution in [0.2, 0.25) is 5.02 Å². The van der Waals surface area contributed by atoms with Crippen LogP contribution in [0.5, 0.6) is 0 Å². The highest BCUT2D eigenvalue weighted by atomic mass is 35.5. The fraction of sp³-hybridized carbons (Fsp3) is 0.412. The minimum Gasteiger partial charge on any atom is -0.346 e. The maximum absolute atomic E-state index is 12.3. The largest absolute Gasteiger partial charge is 0.405 e. The van der Waals surface area contributed by atoms with E-state index in [2.05, 4.69) is 4.98 Å². The van der Waals surface area contributed by atoms with E-state index in [0.717, 1.165) is 22.9 Å². The number of nitrogens with one attached hydrogen (secondary N) is 1. The van der Waals surface area contributed by atoms with Crippen molar-refractivity contribution in [2.24, 2.45) is 0 Å². The van der Waals surface area contributed by atoms with Gasteiger partial charge in [-0.3, -0.25) is 14.7 Å². The lowest BCUT2D eigenvalue weighted by Crippen LogP contribution is -2.45. The van der Waals surface area contributed by atoms with Gasteiger partial charge < -0.3 is 5.32 Å². The van der Waals surface area contributed by atoms with E-state index < -0.39 is 24.7 Å². The third kappa shape index (κ3) is 4.22. The third-order valence-electron chi connectivity index (χ3n) is 4.31. The Balaban J connectivity index is 1.78. The highest BCUT2D eigenvalue weighted by Crippen LogP contribution is 2.29. The van der Waals surface area contributed by atoms with Crippen molar-refractivity contribution in [3.8, 4) is 0 Å². The second-order valence-corrected chi connectivity index (χ2v) is 6.47. The quantitative estimate of drug-likeness (QED) is 0.894. The smallest absolute Gasteiger partial charge is 0.346 e. The van der Waals surface area contributed by atoms with E-state index in [9.17, 15) is 18.0 Å². The fourth-order valence-corrected chi connectivity index (χ4v) is 3.36. The molecule has 0 saturated carbocycles. The zero-order chi connectivity index (χ0) is 18.0. The van der Waals surface area contributed by atoms with Crippen LogP contribution in [0.1, 0.15) is 18.4 Å². The van der Waals surface area contributed by atoms with Crippen LogP contribution in [-0.4, -0.2) is 41.1 Å². The van der Waals surface area contributed by atoms with Gasteiger partial charge in [0.1, 0.15) is 6.54 Å². The molecule has 2 heterocycles. The van der Waals surface area contributed by atoms with E-state index in [1.54, 1.807) is 12.3 Å². The number of hydrogen-bond donors (Lipinski definition) is 1. The molecule has 1 unspecified atom stereocenters. The number of carbonyl (C=O) groups excluding carboxylic acids is 1. The summed E-state index contributed by atoms with van der Waals surface area (Å²) < 4.78 is 37.0. The van der Waals surface area contributed by atoms with E-state index in [1.807, 2.05) is 28.4 Å². The molecular formula is C17H17ClF3N3O. The van der Waals surface area contributed by atoms with E-state index in [0.29, 0.717) is 24.5 Å². The van der Waals surface area contributed by atoms with Gasteiger partial charge in [0.15, 0.2) is 0 Å². The Morgan fingerprint density at radius 2 is 2.16 bits per heavy atom. The predicted molar refractivity (Wildman–Crippen MR) is 89.2 cm³/mol. The van der Waals surface area contributed by atoms with Crippen molar-refractivity contribution in [1.29, 1.82) is 0 Å². The monoisotopic (exact) mass is 371 g/mol. The lowest BCUT2D eigenvalue weighted by atomic mass is 10.1. The van der Waals surface area contributed by atoms with Crippen molar-refractivity contribution in [3.63, 3.8) is 0 Å². The molecule has 0 spiro atoms. The van der Waals surface area contributed by atoms with Crippen molar-refractivity contribution < 1.29 is 18.0 Å². The molecule has 0 radical (unpaired) electrons. The number of aromatic nitrogens is 1. The van der Waals surface area contributed by atoms with Gasteiger partial charge in [-0.05, 0) is 31.5 Å². The molecule has 1 fully saturated rings. The molecule has 1 N–H and O–H groups in total. The number of carbonyl (C=O) groups is 1. The summed E-state index contributed by atoms with van der Waals surface area (Å²) in [5, 5.41) is 3.44. The second kappa shape index (κ2) is 7.17. The van der Waals surface area contributed by atoms with Crippen LogP contribution < -0.4 is 5.32 Å². The maximum Gasteiger partial charge on any atom is 0.405 e. The lowest BCUT2D eigenvalue weighted by Gasteiger charge is -2.24. The van der Waals surface area contributed by atoms with Crippen LogP contribution in [0.4, 0.5) is 13.2 Å². The van der Waals surface area contributed by atoms with Crippen LogP contribution in [0.3, 0.4) is 0 Å². The Labute approximate surface area is 148 Å². The number of rotatable bonds is 4. The molecule has 1 aliphatic heterocycles. The summed E-state index contributed by atoms with van der Waals surface area (Å²) >= 11 is 6.31. The molecule has 1 aromatic heterocycles. The number of fused-ring (bicyclic) bond motifs is 1. The molecule has 1 aliphatic rings. The van der Waals surface area contributed by atoms with E-state index in [4.69, 9.17) is 11.6 Å². The number of likely N-dealkylation sites (tertiary alicyclic amines) is 1. The lowest BCUT2D eigenvalue weighted by molar-refractivity contribution is -0.141. The number of benzene rings is 1. The van der Waals surface area contributed by atoms with Gasteiger partial charge in [0, 0.05) is 28.7 Å². The number of amides is 1. The summed E-state index contributed by atoms with van der Waals surface area (Å²) in [6.45, 7) is -0.312. The van der Waals surface area contributed by atoms with E-state index in [-0.39, 0.29) is 0 Å². The Hall–Kier alpha value is -1.86.